The molecule has 1 saturated carbocycles. The summed E-state index contributed by atoms with van der Waals surface area (Å²) in [6.07, 6.45) is 2.39. The van der Waals surface area contributed by atoms with Gasteiger partial charge in [0.25, 0.3) is 0 Å². The van der Waals surface area contributed by atoms with E-state index in [0.717, 1.165) is 19.3 Å². The normalized spacial score (nSPS) is 19.0. The smallest absolute Gasteiger partial charge is 0.234 e. The summed E-state index contributed by atoms with van der Waals surface area (Å²) in [6, 6.07) is 1.75. The van der Waals surface area contributed by atoms with Crippen LogP contribution < -0.4 is 5.32 Å². The molecule has 0 heterocycles. The zero-order chi connectivity index (χ0) is 9.03. The van der Waals surface area contributed by atoms with Crippen LogP contribution in [0.15, 0.2) is 0 Å². The number of aliphatic hydroxyl groups is 1. The van der Waals surface area contributed by atoms with Gasteiger partial charge < -0.3 is 10.4 Å². The maximum absolute atomic E-state index is 10.8. The van der Waals surface area contributed by atoms with E-state index in [-0.39, 0.29) is 18.9 Å². The van der Waals surface area contributed by atoms with Crippen LogP contribution in [0.2, 0.25) is 0 Å². The number of hydrogen-bond acceptors (Lipinski definition) is 3. The Balaban J connectivity index is 2.17. The van der Waals surface area contributed by atoms with Crippen LogP contribution in [-0.4, -0.2) is 23.2 Å². The predicted octanol–water partition coefficient (Wildman–Crippen LogP) is -0.0687. The molecule has 0 aromatic rings. The molecule has 0 aromatic carbocycles. The Labute approximate surface area is 71.2 Å². The minimum absolute atomic E-state index is 0.129. The Bertz CT molecular complexity index is 216. The summed E-state index contributed by atoms with van der Waals surface area (Å²) in [6.45, 7) is 0.285. The quantitative estimate of drug-likeness (QED) is 0.619. The fraction of sp³-hybridized carbons (Fsp3) is 0.750. The lowest BCUT2D eigenvalue weighted by Gasteiger charge is -2.36. The summed E-state index contributed by atoms with van der Waals surface area (Å²) in [4.78, 5) is 10.8. The Morgan fingerprint density at radius 3 is 2.75 bits per heavy atom. The van der Waals surface area contributed by atoms with Crippen molar-refractivity contribution in [3.63, 3.8) is 0 Å². The summed E-state index contributed by atoms with van der Waals surface area (Å²) < 4.78 is 0. The van der Waals surface area contributed by atoms with E-state index >= 15 is 0 Å². The average molecular weight is 168 g/mol. The zero-order valence-corrected chi connectivity index (χ0v) is 6.84. The van der Waals surface area contributed by atoms with Crippen LogP contribution >= 0.6 is 0 Å². The average Bonchev–Trinajstić information content (AvgIpc) is 1.98. The molecule has 0 unspecified atom stereocenters. The third-order valence-electron chi connectivity index (χ3n) is 2.14. The Morgan fingerprint density at radius 2 is 2.33 bits per heavy atom. The summed E-state index contributed by atoms with van der Waals surface area (Å²) in [5.41, 5.74) is -0.689. The highest BCUT2D eigenvalue weighted by Gasteiger charge is 2.34. The molecule has 2 N–H and O–H groups in total. The van der Waals surface area contributed by atoms with Crippen molar-refractivity contribution < 1.29 is 9.90 Å². The van der Waals surface area contributed by atoms with E-state index in [1.54, 1.807) is 6.07 Å². The Morgan fingerprint density at radius 1 is 1.67 bits per heavy atom. The van der Waals surface area contributed by atoms with Gasteiger partial charge in [-0.25, -0.2) is 0 Å². The molecule has 1 rings (SSSR count). The first-order valence-corrected chi connectivity index (χ1v) is 4.02. The predicted molar refractivity (Wildman–Crippen MR) is 42.0 cm³/mol. The summed E-state index contributed by atoms with van der Waals surface area (Å²) in [5, 5.41) is 20.2. The minimum atomic E-state index is -0.689. The molecule has 1 aliphatic rings. The van der Waals surface area contributed by atoms with Crippen LogP contribution in [0.5, 0.6) is 0 Å². The van der Waals surface area contributed by atoms with Gasteiger partial charge >= 0.3 is 0 Å². The molecule has 0 spiro atoms. The second-order valence-electron chi connectivity index (χ2n) is 3.19. The molecule has 1 aliphatic carbocycles. The van der Waals surface area contributed by atoms with E-state index < -0.39 is 5.60 Å². The van der Waals surface area contributed by atoms with Crippen molar-refractivity contribution in [2.24, 2.45) is 0 Å². The first-order chi connectivity index (χ1) is 5.66. The van der Waals surface area contributed by atoms with E-state index in [1.165, 1.54) is 0 Å². The van der Waals surface area contributed by atoms with Gasteiger partial charge in [0.2, 0.25) is 5.91 Å². The van der Waals surface area contributed by atoms with Crippen LogP contribution in [0.3, 0.4) is 0 Å². The van der Waals surface area contributed by atoms with Crippen molar-refractivity contribution in [3.8, 4) is 6.07 Å². The van der Waals surface area contributed by atoms with Gasteiger partial charge in [0.1, 0.15) is 6.42 Å². The number of rotatable bonds is 3. The van der Waals surface area contributed by atoms with E-state index in [9.17, 15) is 9.90 Å². The molecule has 0 bridgehead atoms. The first kappa shape index (κ1) is 9.01. The Hall–Kier alpha value is -1.08. The molecular formula is C8H12N2O2. The van der Waals surface area contributed by atoms with Crippen molar-refractivity contribution in [2.75, 3.05) is 6.54 Å². The highest BCUT2D eigenvalue weighted by Crippen LogP contribution is 2.30. The largest absolute Gasteiger partial charge is 0.388 e. The molecule has 4 nitrogen and oxygen atoms in total. The van der Waals surface area contributed by atoms with Crippen molar-refractivity contribution in [3.05, 3.63) is 0 Å². The Kier molecular flexibility index (Phi) is 2.66. The van der Waals surface area contributed by atoms with Gasteiger partial charge in [-0.05, 0) is 19.3 Å². The number of amides is 1. The summed E-state index contributed by atoms with van der Waals surface area (Å²) in [7, 11) is 0. The summed E-state index contributed by atoms with van der Waals surface area (Å²) in [5.74, 6) is -0.308. The number of nitriles is 1. The molecule has 66 valence electrons. The second kappa shape index (κ2) is 3.55. The maximum atomic E-state index is 10.8. The molecule has 0 atom stereocenters. The number of nitrogens with zero attached hydrogens (tertiary/aromatic N) is 1. The lowest BCUT2D eigenvalue weighted by atomic mass is 9.80. The standard InChI is InChI=1S/C8H12N2O2/c9-5-2-7(11)10-6-8(12)3-1-4-8/h12H,1-4,6H2,(H,10,11). The number of nitrogens with one attached hydrogen (secondary N) is 1. The molecule has 0 radical (unpaired) electrons. The molecule has 0 saturated heterocycles. The highest BCUT2D eigenvalue weighted by molar-refractivity contribution is 5.78. The molecule has 12 heavy (non-hydrogen) atoms. The molecule has 0 aliphatic heterocycles. The molecule has 1 amide bonds. The van der Waals surface area contributed by atoms with Gasteiger partial charge in [0.05, 0.1) is 11.7 Å². The van der Waals surface area contributed by atoms with Crippen LogP contribution in [0.1, 0.15) is 25.7 Å². The van der Waals surface area contributed by atoms with Gasteiger partial charge in [-0.15, -0.1) is 0 Å². The van der Waals surface area contributed by atoms with Crippen LogP contribution in [0.4, 0.5) is 0 Å². The SMILES string of the molecule is N#CCC(=O)NCC1(O)CCC1. The van der Waals surface area contributed by atoms with E-state index in [0.29, 0.717) is 0 Å². The van der Waals surface area contributed by atoms with E-state index in [2.05, 4.69) is 5.32 Å². The summed E-state index contributed by atoms with van der Waals surface area (Å²) >= 11 is 0. The molecular weight excluding hydrogens is 156 g/mol. The lowest BCUT2D eigenvalue weighted by molar-refractivity contribution is -0.122. The first-order valence-electron chi connectivity index (χ1n) is 4.02. The highest BCUT2D eigenvalue weighted by atomic mass is 16.3. The van der Waals surface area contributed by atoms with Gasteiger partial charge in [-0.1, -0.05) is 0 Å². The van der Waals surface area contributed by atoms with Crippen molar-refractivity contribution in [1.29, 1.82) is 5.26 Å². The van der Waals surface area contributed by atoms with Crippen LogP contribution in [-0.2, 0) is 4.79 Å². The number of hydrogen-bond donors (Lipinski definition) is 2. The van der Waals surface area contributed by atoms with Crippen molar-refractivity contribution >= 4 is 5.91 Å². The molecule has 0 aromatic heterocycles. The van der Waals surface area contributed by atoms with Crippen LogP contribution in [0.25, 0.3) is 0 Å². The monoisotopic (exact) mass is 168 g/mol. The molecule has 1 fully saturated rings. The van der Waals surface area contributed by atoms with E-state index in [4.69, 9.17) is 5.26 Å². The van der Waals surface area contributed by atoms with Gasteiger partial charge in [0.15, 0.2) is 0 Å². The zero-order valence-electron chi connectivity index (χ0n) is 6.84. The number of carbonyl (C=O) groups excluding carboxylic acids is 1. The lowest BCUT2D eigenvalue weighted by Crippen LogP contribution is -2.47. The van der Waals surface area contributed by atoms with E-state index in [1.807, 2.05) is 0 Å². The molecule has 4 heteroatoms. The third kappa shape index (κ3) is 2.21. The van der Waals surface area contributed by atoms with Gasteiger partial charge in [0, 0.05) is 6.54 Å². The third-order valence-corrected chi connectivity index (χ3v) is 2.14. The van der Waals surface area contributed by atoms with Crippen molar-refractivity contribution in [1.82, 2.24) is 5.32 Å². The minimum Gasteiger partial charge on any atom is -0.388 e. The fourth-order valence-corrected chi connectivity index (χ4v) is 1.16. The topological polar surface area (TPSA) is 73.1 Å². The number of carbonyl (C=O) groups is 1. The second-order valence-corrected chi connectivity index (χ2v) is 3.19. The van der Waals surface area contributed by atoms with Crippen LogP contribution in [0, 0.1) is 11.3 Å². The van der Waals surface area contributed by atoms with Gasteiger partial charge in [-0.3, -0.25) is 4.79 Å². The maximum Gasteiger partial charge on any atom is 0.234 e. The van der Waals surface area contributed by atoms with Gasteiger partial charge in [-0.2, -0.15) is 5.26 Å². The van der Waals surface area contributed by atoms with Crippen molar-refractivity contribution in [2.45, 2.75) is 31.3 Å². The fourth-order valence-electron chi connectivity index (χ4n) is 1.16.